The maximum atomic E-state index is 13.3. The number of rotatable bonds is 2. The molecule has 0 saturated heterocycles. The van der Waals surface area contributed by atoms with Crippen molar-refractivity contribution in [2.45, 2.75) is 4.21 Å². The molecule has 0 aliphatic heterocycles. The van der Waals surface area contributed by atoms with Gasteiger partial charge in [-0.05, 0) is 36.4 Å². The molecule has 0 amide bonds. The number of nitrogen functional groups attached to an aromatic ring is 1. The van der Waals surface area contributed by atoms with E-state index in [0.717, 1.165) is 21.3 Å². The molecule has 7 heteroatoms. The molecule has 0 atom stereocenters. The van der Waals surface area contributed by atoms with Crippen LogP contribution in [-0.2, 0) is 0 Å². The molecular weight excluding hydrogens is 343 g/mol. The van der Waals surface area contributed by atoms with Gasteiger partial charge in [0.05, 0.1) is 21.0 Å². The largest absolute Gasteiger partial charge is 0.397 e. The van der Waals surface area contributed by atoms with Crippen LogP contribution < -0.4 is 5.73 Å². The highest BCUT2D eigenvalue weighted by atomic mass is 32.2. The molecule has 4 aromatic rings. The Morgan fingerprint density at radius 3 is 2.54 bits per heavy atom. The van der Waals surface area contributed by atoms with Crippen molar-refractivity contribution < 1.29 is 4.39 Å². The average molecular weight is 354 g/mol. The van der Waals surface area contributed by atoms with Gasteiger partial charge in [-0.25, -0.2) is 14.4 Å². The minimum absolute atomic E-state index is 0.301. The Kier molecular flexibility index (Phi) is 3.66. The summed E-state index contributed by atoms with van der Waals surface area (Å²) in [6, 6.07) is 9.88. The quantitative estimate of drug-likeness (QED) is 0.523. The molecule has 0 saturated carbocycles. The van der Waals surface area contributed by atoms with Crippen LogP contribution in [0, 0.1) is 5.82 Å². The Morgan fingerprint density at radius 1 is 1.04 bits per heavy atom. The number of aromatic nitrogens is 3. The van der Waals surface area contributed by atoms with E-state index in [2.05, 4.69) is 27.6 Å². The fourth-order valence-electron chi connectivity index (χ4n) is 2.45. The third-order valence-corrected chi connectivity index (χ3v) is 5.02. The van der Waals surface area contributed by atoms with Gasteiger partial charge >= 0.3 is 0 Å². The minimum atomic E-state index is -0.301. The number of fused-ring (bicyclic) bond motifs is 1. The van der Waals surface area contributed by atoms with E-state index in [-0.39, 0.29) is 5.82 Å². The summed E-state index contributed by atoms with van der Waals surface area (Å²) in [6.45, 7) is 0. The van der Waals surface area contributed by atoms with Gasteiger partial charge in [0.1, 0.15) is 10.6 Å². The van der Waals surface area contributed by atoms with Crippen LogP contribution in [-0.4, -0.2) is 15.0 Å². The predicted molar refractivity (Wildman–Crippen MR) is 97.7 cm³/mol. The Balaban J connectivity index is 2.04. The summed E-state index contributed by atoms with van der Waals surface area (Å²) in [4.78, 5) is 14.1. The fourth-order valence-corrected chi connectivity index (χ4v) is 3.66. The van der Waals surface area contributed by atoms with E-state index in [9.17, 15) is 4.39 Å². The molecule has 24 heavy (non-hydrogen) atoms. The number of thiol groups is 1. The topological polar surface area (TPSA) is 64.7 Å². The molecule has 1 aromatic carbocycles. The van der Waals surface area contributed by atoms with Gasteiger partial charge in [-0.15, -0.1) is 24.0 Å². The summed E-state index contributed by atoms with van der Waals surface area (Å²) < 4.78 is 14.0. The molecule has 118 valence electrons. The number of anilines is 1. The Bertz CT molecular complexity index is 1030. The number of hydrogen-bond acceptors (Lipinski definition) is 6. The SMILES string of the molecule is Nc1c(S)sc2nc(-c3cccnc3)nc(-c3ccc(F)cc3)c12. The summed E-state index contributed by atoms with van der Waals surface area (Å²) >= 11 is 5.80. The van der Waals surface area contributed by atoms with Crippen molar-refractivity contribution >= 4 is 39.9 Å². The lowest BCUT2D eigenvalue weighted by Crippen LogP contribution is -1.95. The first-order valence-corrected chi connectivity index (χ1v) is 8.35. The molecule has 3 aromatic heterocycles. The normalized spacial score (nSPS) is 11.1. The van der Waals surface area contributed by atoms with Crippen LogP contribution in [0.5, 0.6) is 0 Å². The molecule has 3 heterocycles. The van der Waals surface area contributed by atoms with Gasteiger partial charge in [-0.2, -0.15) is 0 Å². The van der Waals surface area contributed by atoms with Crippen LogP contribution in [0.25, 0.3) is 32.9 Å². The summed E-state index contributed by atoms with van der Waals surface area (Å²) in [7, 11) is 0. The van der Waals surface area contributed by atoms with Gasteiger partial charge < -0.3 is 5.73 Å². The fraction of sp³-hybridized carbons (Fsp3) is 0. The molecule has 4 rings (SSSR count). The third kappa shape index (κ3) is 2.51. The Morgan fingerprint density at radius 2 is 1.83 bits per heavy atom. The number of thiophene rings is 1. The van der Waals surface area contributed by atoms with Crippen molar-refractivity contribution in [2.24, 2.45) is 0 Å². The smallest absolute Gasteiger partial charge is 0.162 e. The summed E-state index contributed by atoms with van der Waals surface area (Å²) in [5.74, 6) is 0.245. The molecule has 0 radical (unpaired) electrons. The number of hydrogen-bond donors (Lipinski definition) is 2. The van der Waals surface area contributed by atoms with Crippen molar-refractivity contribution in [3.63, 3.8) is 0 Å². The van der Waals surface area contributed by atoms with Gasteiger partial charge in [-0.1, -0.05) is 0 Å². The van der Waals surface area contributed by atoms with Crippen molar-refractivity contribution in [3.05, 3.63) is 54.6 Å². The summed E-state index contributed by atoms with van der Waals surface area (Å²) in [5, 5.41) is 0.740. The maximum Gasteiger partial charge on any atom is 0.162 e. The van der Waals surface area contributed by atoms with E-state index < -0.39 is 0 Å². The van der Waals surface area contributed by atoms with E-state index in [1.807, 2.05) is 12.1 Å². The Hall–Kier alpha value is -2.51. The van der Waals surface area contributed by atoms with E-state index in [1.54, 1.807) is 24.5 Å². The number of benzene rings is 1. The van der Waals surface area contributed by atoms with Crippen LogP contribution in [0.4, 0.5) is 10.1 Å². The first-order valence-electron chi connectivity index (χ1n) is 7.09. The average Bonchev–Trinajstić information content (AvgIpc) is 2.90. The summed E-state index contributed by atoms with van der Waals surface area (Å²) in [5.41, 5.74) is 8.93. The molecule has 2 N–H and O–H groups in total. The molecule has 0 aliphatic rings. The first kappa shape index (κ1) is 15.0. The van der Waals surface area contributed by atoms with Crippen molar-refractivity contribution in [1.82, 2.24) is 15.0 Å². The molecule has 0 fully saturated rings. The van der Waals surface area contributed by atoms with Crippen LogP contribution in [0.2, 0.25) is 0 Å². The van der Waals surface area contributed by atoms with E-state index in [0.29, 0.717) is 21.4 Å². The van der Waals surface area contributed by atoms with Gasteiger partial charge in [0.2, 0.25) is 0 Å². The molecular formula is C17H11FN4S2. The van der Waals surface area contributed by atoms with Gasteiger partial charge in [0.25, 0.3) is 0 Å². The van der Waals surface area contributed by atoms with Gasteiger partial charge in [-0.3, -0.25) is 4.98 Å². The zero-order chi connectivity index (χ0) is 16.7. The number of nitrogens with two attached hydrogens (primary N) is 1. The van der Waals surface area contributed by atoms with Crippen LogP contribution in [0.15, 0.2) is 53.0 Å². The Labute approximate surface area is 146 Å². The second kappa shape index (κ2) is 5.85. The van der Waals surface area contributed by atoms with Gasteiger partial charge in [0.15, 0.2) is 5.82 Å². The predicted octanol–water partition coefficient (Wildman–Crippen LogP) is 4.43. The van der Waals surface area contributed by atoms with Crippen molar-refractivity contribution in [2.75, 3.05) is 5.73 Å². The monoisotopic (exact) mass is 354 g/mol. The lowest BCUT2D eigenvalue weighted by molar-refractivity contribution is 0.628. The second-order valence-corrected chi connectivity index (χ2v) is 6.89. The highest BCUT2D eigenvalue weighted by Gasteiger charge is 2.17. The standard InChI is InChI=1S/C17H11FN4S2/c18-11-5-3-9(4-6-11)14-12-13(19)17(23)24-16(12)22-15(21-14)10-2-1-7-20-8-10/h1-8,23H,19H2. The summed E-state index contributed by atoms with van der Waals surface area (Å²) in [6.07, 6.45) is 3.39. The van der Waals surface area contributed by atoms with Crippen molar-refractivity contribution in [3.8, 4) is 22.6 Å². The van der Waals surface area contributed by atoms with Crippen LogP contribution in [0.3, 0.4) is 0 Å². The van der Waals surface area contributed by atoms with E-state index >= 15 is 0 Å². The van der Waals surface area contributed by atoms with E-state index in [1.165, 1.54) is 23.5 Å². The molecule has 0 spiro atoms. The second-order valence-electron chi connectivity index (χ2n) is 5.15. The zero-order valence-corrected chi connectivity index (χ0v) is 14.0. The molecule has 4 nitrogen and oxygen atoms in total. The molecule has 0 unspecified atom stereocenters. The number of halogens is 1. The lowest BCUT2D eigenvalue weighted by atomic mass is 10.1. The zero-order valence-electron chi connectivity index (χ0n) is 12.3. The highest BCUT2D eigenvalue weighted by Crippen LogP contribution is 2.41. The number of pyridine rings is 1. The molecule has 0 bridgehead atoms. The molecule has 0 aliphatic carbocycles. The van der Waals surface area contributed by atoms with Gasteiger partial charge in [0, 0.05) is 23.5 Å². The van der Waals surface area contributed by atoms with Crippen LogP contribution in [0.1, 0.15) is 0 Å². The van der Waals surface area contributed by atoms with Crippen molar-refractivity contribution in [1.29, 1.82) is 0 Å². The minimum Gasteiger partial charge on any atom is -0.397 e. The lowest BCUT2D eigenvalue weighted by Gasteiger charge is -2.07. The highest BCUT2D eigenvalue weighted by molar-refractivity contribution is 7.83. The van der Waals surface area contributed by atoms with E-state index in [4.69, 9.17) is 5.73 Å². The number of nitrogens with zero attached hydrogens (tertiary/aromatic N) is 3. The third-order valence-electron chi connectivity index (χ3n) is 3.61. The van der Waals surface area contributed by atoms with Crippen LogP contribution >= 0.6 is 24.0 Å². The maximum absolute atomic E-state index is 13.3. The first-order chi connectivity index (χ1) is 11.6.